The summed E-state index contributed by atoms with van der Waals surface area (Å²) in [6.07, 6.45) is 0.993. The number of nitrogens with two attached hydrogens (primary N) is 1. The molecule has 0 fully saturated rings. The summed E-state index contributed by atoms with van der Waals surface area (Å²) in [4.78, 5) is 4.05. The van der Waals surface area contributed by atoms with Gasteiger partial charge in [-0.3, -0.25) is 4.98 Å². The van der Waals surface area contributed by atoms with E-state index in [4.69, 9.17) is 5.73 Å². The van der Waals surface area contributed by atoms with Gasteiger partial charge in [-0.1, -0.05) is 19.9 Å². The predicted molar refractivity (Wildman–Crippen MR) is 52.0 cm³/mol. The number of hydrogen-bond acceptors (Lipinski definition) is 3. The van der Waals surface area contributed by atoms with E-state index < -0.39 is 6.10 Å². The van der Waals surface area contributed by atoms with E-state index in [1.807, 2.05) is 26.0 Å². The number of nitrogens with zero attached hydrogens (tertiary/aromatic N) is 1. The molecule has 0 saturated carbocycles. The van der Waals surface area contributed by atoms with E-state index in [0.29, 0.717) is 5.69 Å². The standard InChI is InChI=1S/C10H16N2O/c1-7(2)9(11)10(13)8-5-3-4-6-12-8/h3-7,9-10,13H,11H2,1-2H3. The molecule has 0 aromatic carbocycles. The summed E-state index contributed by atoms with van der Waals surface area (Å²) in [5, 5.41) is 9.77. The minimum Gasteiger partial charge on any atom is -0.385 e. The highest BCUT2D eigenvalue weighted by molar-refractivity contribution is 5.08. The summed E-state index contributed by atoms with van der Waals surface area (Å²) in [5.74, 6) is 0.247. The first kappa shape index (κ1) is 10.2. The molecule has 0 spiro atoms. The van der Waals surface area contributed by atoms with Gasteiger partial charge in [-0.05, 0) is 18.1 Å². The number of rotatable bonds is 3. The summed E-state index contributed by atoms with van der Waals surface area (Å²) >= 11 is 0. The number of aliphatic hydroxyl groups excluding tert-OH is 1. The van der Waals surface area contributed by atoms with Gasteiger partial charge in [0.15, 0.2) is 0 Å². The highest BCUT2D eigenvalue weighted by atomic mass is 16.3. The second-order valence-corrected chi connectivity index (χ2v) is 3.52. The zero-order chi connectivity index (χ0) is 9.84. The van der Waals surface area contributed by atoms with Crippen molar-refractivity contribution < 1.29 is 5.11 Å². The average Bonchev–Trinajstić information content (AvgIpc) is 2.17. The Bertz CT molecular complexity index is 248. The van der Waals surface area contributed by atoms with Crippen molar-refractivity contribution in [2.45, 2.75) is 26.0 Å². The van der Waals surface area contributed by atoms with Crippen LogP contribution in [0, 0.1) is 5.92 Å². The predicted octanol–water partition coefficient (Wildman–Crippen LogP) is 1.10. The Morgan fingerprint density at radius 3 is 2.54 bits per heavy atom. The van der Waals surface area contributed by atoms with Gasteiger partial charge in [-0.25, -0.2) is 0 Å². The van der Waals surface area contributed by atoms with Gasteiger partial charge in [-0.15, -0.1) is 0 Å². The van der Waals surface area contributed by atoms with Gasteiger partial charge >= 0.3 is 0 Å². The molecule has 3 N–H and O–H groups in total. The molecule has 0 aliphatic rings. The molecule has 0 amide bonds. The number of aromatic nitrogens is 1. The second kappa shape index (κ2) is 4.35. The maximum atomic E-state index is 9.77. The fourth-order valence-electron chi connectivity index (χ4n) is 1.11. The Morgan fingerprint density at radius 2 is 2.08 bits per heavy atom. The van der Waals surface area contributed by atoms with Gasteiger partial charge in [-0.2, -0.15) is 0 Å². The van der Waals surface area contributed by atoms with E-state index >= 15 is 0 Å². The Balaban J connectivity index is 2.73. The quantitative estimate of drug-likeness (QED) is 0.732. The van der Waals surface area contributed by atoms with E-state index in [1.54, 1.807) is 12.3 Å². The molecule has 0 radical (unpaired) electrons. The third-order valence-electron chi connectivity index (χ3n) is 2.13. The van der Waals surface area contributed by atoms with Crippen LogP contribution in [-0.2, 0) is 0 Å². The van der Waals surface area contributed by atoms with Gasteiger partial charge < -0.3 is 10.8 Å². The molecule has 1 heterocycles. The van der Waals surface area contributed by atoms with Crippen molar-refractivity contribution >= 4 is 0 Å². The molecule has 0 aliphatic heterocycles. The first-order valence-corrected chi connectivity index (χ1v) is 4.47. The van der Waals surface area contributed by atoms with E-state index in [9.17, 15) is 5.11 Å². The zero-order valence-corrected chi connectivity index (χ0v) is 8.01. The highest BCUT2D eigenvalue weighted by Crippen LogP contribution is 2.17. The molecular formula is C10H16N2O. The Labute approximate surface area is 78.6 Å². The van der Waals surface area contributed by atoms with Crippen molar-refractivity contribution in [2.75, 3.05) is 0 Å². The molecule has 0 saturated heterocycles. The van der Waals surface area contributed by atoms with E-state index in [1.165, 1.54) is 0 Å². The molecular weight excluding hydrogens is 164 g/mol. The molecule has 2 atom stereocenters. The molecule has 3 heteroatoms. The van der Waals surface area contributed by atoms with Crippen LogP contribution >= 0.6 is 0 Å². The first-order chi connectivity index (χ1) is 6.13. The van der Waals surface area contributed by atoms with Crippen LogP contribution in [0.4, 0.5) is 0 Å². The molecule has 0 aliphatic carbocycles. The van der Waals surface area contributed by atoms with Gasteiger partial charge in [0.05, 0.1) is 5.69 Å². The minimum atomic E-state index is -0.666. The fourth-order valence-corrected chi connectivity index (χ4v) is 1.11. The largest absolute Gasteiger partial charge is 0.385 e. The molecule has 72 valence electrons. The minimum absolute atomic E-state index is 0.247. The van der Waals surface area contributed by atoms with Crippen molar-refractivity contribution in [3.05, 3.63) is 30.1 Å². The van der Waals surface area contributed by atoms with Gasteiger partial charge in [0.1, 0.15) is 6.10 Å². The normalized spacial score (nSPS) is 15.8. The van der Waals surface area contributed by atoms with E-state index in [2.05, 4.69) is 4.98 Å². The number of pyridine rings is 1. The molecule has 2 unspecified atom stereocenters. The Morgan fingerprint density at radius 1 is 1.38 bits per heavy atom. The monoisotopic (exact) mass is 180 g/mol. The Kier molecular flexibility index (Phi) is 3.39. The maximum Gasteiger partial charge on any atom is 0.111 e. The smallest absolute Gasteiger partial charge is 0.111 e. The topological polar surface area (TPSA) is 59.1 Å². The third-order valence-corrected chi connectivity index (χ3v) is 2.13. The number of aliphatic hydroxyl groups is 1. The first-order valence-electron chi connectivity index (χ1n) is 4.47. The lowest BCUT2D eigenvalue weighted by atomic mass is 9.97. The van der Waals surface area contributed by atoms with Crippen molar-refractivity contribution in [1.82, 2.24) is 4.98 Å². The summed E-state index contributed by atoms with van der Waals surface area (Å²) in [6, 6.07) is 5.19. The van der Waals surface area contributed by atoms with E-state index in [0.717, 1.165) is 0 Å². The molecule has 1 aromatic rings. The van der Waals surface area contributed by atoms with Crippen LogP contribution in [0.3, 0.4) is 0 Å². The lowest BCUT2D eigenvalue weighted by Gasteiger charge is -2.21. The van der Waals surface area contributed by atoms with Crippen LogP contribution < -0.4 is 5.73 Å². The van der Waals surface area contributed by atoms with Crippen molar-refractivity contribution in [2.24, 2.45) is 11.7 Å². The van der Waals surface area contributed by atoms with Crippen LogP contribution in [0.1, 0.15) is 25.6 Å². The summed E-state index contributed by atoms with van der Waals surface area (Å²) in [6.45, 7) is 3.97. The molecule has 13 heavy (non-hydrogen) atoms. The second-order valence-electron chi connectivity index (χ2n) is 3.52. The van der Waals surface area contributed by atoms with Gasteiger partial charge in [0.25, 0.3) is 0 Å². The third kappa shape index (κ3) is 2.50. The van der Waals surface area contributed by atoms with Gasteiger partial charge in [0, 0.05) is 12.2 Å². The van der Waals surface area contributed by atoms with Crippen molar-refractivity contribution in [3.8, 4) is 0 Å². The van der Waals surface area contributed by atoms with Crippen LogP contribution in [-0.4, -0.2) is 16.1 Å². The number of hydrogen-bond donors (Lipinski definition) is 2. The van der Waals surface area contributed by atoms with E-state index in [-0.39, 0.29) is 12.0 Å². The van der Waals surface area contributed by atoms with Crippen LogP contribution in [0.25, 0.3) is 0 Å². The lowest BCUT2D eigenvalue weighted by Crippen LogP contribution is -2.33. The van der Waals surface area contributed by atoms with Crippen molar-refractivity contribution in [3.63, 3.8) is 0 Å². The summed E-state index contributed by atoms with van der Waals surface area (Å²) in [5.41, 5.74) is 6.44. The van der Waals surface area contributed by atoms with Crippen LogP contribution in [0.2, 0.25) is 0 Å². The van der Waals surface area contributed by atoms with Crippen molar-refractivity contribution in [1.29, 1.82) is 0 Å². The zero-order valence-electron chi connectivity index (χ0n) is 8.01. The summed E-state index contributed by atoms with van der Waals surface area (Å²) < 4.78 is 0. The molecule has 0 bridgehead atoms. The molecule has 1 aromatic heterocycles. The molecule has 3 nitrogen and oxygen atoms in total. The highest BCUT2D eigenvalue weighted by Gasteiger charge is 2.20. The fraction of sp³-hybridized carbons (Fsp3) is 0.500. The maximum absolute atomic E-state index is 9.77. The lowest BCUT2D eigenvalue weighted by molar-refractivity contribution is 0.121. The van der Waals surface area contributed by atoms with Crippen LogP contribution in [0.15, 0.2) is 24.4 Å². The van der Waals surface area contributed by atoms with Crippen LogP contribution in [0.5, 0.6) is 0 Å². The Hall–Kier alpha value is -0.930. The SMILES string of the molecule is CC(C)C(N)C(O)c1ccccn1. The van der Waals surface area contributed by atoms with Gasteiger partial charge in [0.2, 0.25) is 0 Å². The average molecular weight is 180 g/mol. The summed E-state index contributed by atoms with van der Waals surface area (Å²) in [7, 11) is 0. The molecule has 1 rings (SSSR count).